The molecule has 0 fully saturated rings. The number of benzene rings is 6. The lowest BCUT2D eigenvalue weighted by molar-refractivity contribution is 1.09. The van der Waals surface area contributed by atoms with Gasteiger partial charge in [-0.25, -0.2) is 0 Å². The van der Waals surface area contributed by atoms with Crippen LogP contribution < -0.4 is 0 Å². The average Bonchev–Trinajstić information content (AvgIpc) is 3.65. The lowest BCUT2D eigenvalue weighted by Crippen LogP contribution is -1.99. The van der Waals surface area contributed by atoms with Gasteiger partial charge in [-0.3, -0.25) is 0 Å². The summed E-state index contributed by atoms with van der Waals surface area (Å²) in [5, 5.41) is 2.53. The Hall–Kier alpha value is -5.60. The molecule has 0 unspecified atom stereocenters. The normalized spacial score (nSPS) is 11.4. The van der Waals surface area contributed by atoms with Crippen molar-refractivity contribution in [1.29, 1.82) is 0 Å². The zero-order valence-corrected chi connectivity index (χ0v) is 24.9. The van der Waals surface area contributed by atoms with Crippen molar-refractivity contribution in [3.8, 4) is 45.0 Å². The first kappa shape index (κ1) is 26.1. The van der Waals surface area contributed by atoms with E-state index < -0.39 is 0 Å². The summed E-state index contributed by atoms with van der Waals surface area (Å²) < 4.78 is 4.75. The Kier molecular flexibility index (Phi) is 6.27. The maximum Gasteiger partial charge on any atom is 0.0541 e. The Labute approximate surface area is 258 Å². The van der Waals surface area contributed by atoms with Crippen LogP contribution in [0.25, 0.3) is 66.8 Å². The van der Waals surface area contributed by atoms with Gasteiger partial charge in [-0.2, -0.15) is 0 Å². The SMILES string of the molecule is Cc1cc(C)cc(-c2ccc(-c3ccc(-c4ccc5c(c4)c4ccccc4n5-c4ccccc4)cc3)n2-c2ccccc2)c1. The van der Waals surface area contributed by atoms with Gasteiger partial charge in [0.25, 0.3) is 0 Å². The van der Waals surface area contributed by atoms with E-state index in [1.165, 1.54) is 72.3 Å². The van der Waals surface area contributed by atoms with Crippen molar-refractivity contribution in [3.63, 3.8) is 0 Å². The second-order valence-corrected chi connectivity index (χ2v) is 11.6. The molecule has 0 radical (unpaired) electrons. The summed E-state index contributed by atoms with van der Waals surface area (Å²) in [4.78, 5) is 0. The second-order valence-electron chi connectivity index (χ2n) is 11.6. The number of aryl methyl sites for hydroxylation is 2. The van der Waals surface area contributed by atoms with Gasteiger partial charge in [-0.05, 0) is 103 Å². The fourth-order valence-electron chi connectivity index (χ4n) is 6.71. The topological polar surface area (TPSA) is 9.86 Å². The van der Waals surface area contributed by atoms with Crippen LogP contribution in [0.15, 0.2) is 158 Å². The first-order chi connectivity index (χ1) is 21.6. The Morgan fingerprint density at radius 1 is 0.341 bits per heavy atom. The zero-order valence-electron chi connectivity index (χ0n) is 24.9. The number of nitrogens with zero attached hydrogens (tertiary/aromatic N) is 2. The van der Waals surface area contributed by atoms with E-state index in [-0.39, 0.29) is 0 Å². The van der Waals surface area contributed by atoms with E-state index in [0.29, 0.717) is 0 Å². The Morgan fingerprint density at radius 2 is 0.864 bits per heavy atom. The summed E-state index contributed by atoms with van der Waals surface area (Å²) in [6.07, 6.45) is 0. The molecule has 0 atom stereocenters. The molecule has 0 aliphatic carbocycles. The lowest BCUT2D eigenvalue weighted by Gasteiger charge is -2.15. The number of hydrogen-bond acceptors (Lipinski definition) is 0. The fraction of sp³-hybridized carbons (Fsp3) is 0.0476. The van der Waals surface area contributed by atoms with Crippen molar-refractivity contribution in [2.45, 2.75) is 13.8 Å². The molecule has 6 aromatic carbocycles. The molecule has 8 rings (SSSR count). The molecule has 0 spiro atoms. The molecule has 0 aliphatic rings. The number of para-hydroxylation sites is 3. The van der Waals surface area contributed by atoms with Gasteiger partial charge < -0.3 is 9.13 Å². The van der Waals surface area contributed by atoms with Gasteiger partial charge >= 0.3 is 0 Å². The van der Waals surface area contributed by atoms with Gasteiger partial charge in [0.1, 0.15) is 0 Å². The summed E-state index contributed by atoms with van der Waals surface area (Å²) in [5.41, 5.74) is 14.6. The van der Waals surface area contributed by atoms with Crippen molar-refractivity contribution >= 4 is 21.8 Å². The molecule has 0 saturated carbocycles. The van der Waals surface area contributed by atoms with Crippen LogP contribution in [0.4, 0.5) is 0 Å². The van der Waals surface area contributed by atoms with Crippen LogP contribution in [-0.2, 0) is 0 Å². The number of hydrogen-bond donors (Lipinski definition) is 0. The second kappa shape index (κ2) is 10.6. The van der Waals surface area contributed by atoms with Crippen molar-refractivity contribution in [2.24, 2.45) is 0 Å². The van der Waals surface area contributed by atoms with E-state index >= 15 is 0 Å². The van der Waals surface area contributed by atoms with Crippen LogP contribution in [0.3, 0.4) is 0 Å². The Morgan fingerprint density at radius 3 is 1.55 bits per heavy atom. The van der Waals surface area contributed by atoms with E-state index in [4.69, 9.17) is 0 Å². The molecule has 0 N–H and O–H groups in total. The molecule has 8 aromatic rings. The smallest absolute Gasteiger partial charge is 0.0541 e. The van der Waals surface area contributed by atoms with Crippen molar-refractivity contribution < 1.29 is 0 Å². The van der Waals surface area contributed by atoms with Gasteiger partial charge in [0.15, 0.2) is 0 Å². The minimum atomic E-state index is 1.16. The molecule has 2 aromatic heterocycles. The molecule has 0 bridgehead atoms. The molecule has 0 aliphatic heterocycles. The zero-order chi connectivity index (χ0) is 29.6. The standard InChI is InChI=1S/C42H32N2/c1-29-25-30(2)27-34(26-29)40-24-23-39(43(40)35-11-5-3-6-12-35)32-19-17-31(18-20-32)33-21-22-42-38(28-33)37-15-9-10-16-41(37)44(42)36-13-7-4-8-14-36/h3-28H,1-2H3. The molecule has 0 amide bonds. The van der Waals surface area contributed by atoms with E-state index in [0.717, 1.165) is 5.69 Å². The van der Waals surface area contributed by atoms with Crippen molar-refractivity contribution in [1.82, 2.24) is 9.13 Å². The van der Waals surface area contributed by atoms with Crippen molar-refractivity contribution in [3.05, 3.63) is 169 Å². The maximum absolute atomic E-state index is 2.38. The van der Waals surface area contributed by atoms with E-state index in [9.17, 15) is 0 Å². The monoisotopic (exact) mass is 564 g/mol. The highest BCUT2D eigenvalue weighted by molar-refractivity contribution is 6.10. The first-order valence-corrected chi connectivity index (χ1v) is 15.2. The van der Waals surface area contributed by atoms with E-state index in [1.807, 2.05) is 0 Å². The Bertz CT molecular complexity index is 2250. The molecule has 2 heteroatoms. The summed E-state index contributed by atoms with van der Waals surface area (Å²) in [6, 6.07) is 57.2. The van der Waals surface area contributed by atoms with Gasteiger partial charge in [0, 0.05) is 22.1 Å². The third-order valence-electron chi connectivity index (χ3n) is 8.61. The van der Waals surface area contributed by atoms with E-state index in [1.54, 1.807) is 0 Å². The number of rotatable bonds is 5. The molecule has 44 heavy (non-hydrogen) atoms. The summed E-state index contributed by atoms with van der Waals surface area (Å²) >= 11 is 0. The van der Waals surface area contributed by atoms with Crippen LogP contribution in [0, 0.1) is 13.8 Å². The highest BCUT2D eigenvalue weighted by Crippen LogP contribution is 2.37. The third kappa shape index (κ3) is 4.44. The number of aromatic nitrogens is 2. The van der Waals surface area contributed by atoms with Gasteiger partial charge in [-0.1, -0.05) is 102 Å². The number of fused-ring (bicyclic) bond motifs is 3. The van der Waals surface area contributed by atoms with Crippen LogP contribution in [0.1, 0.15) is 11.1 Å². The predicted octanol–water partition coefficient (Wildman–Crippen LogP) is 11.2. The molecular formula is C42H32N2. The third-order valence-corrected chi connectivity index (χ3v) is 8.61. The summed E-state index contributed by atoms with van der Waals surface area (Å²) in [6.45, 7) is 4.34. The first-order valence-electron chi connectivity index (χ1n) is 15.2. The average molecular weight is 565 g/mol. The minimum absolute atomic E-state index is 1.16. The largest absolute Gasteiger partial charge is 0.309 e. The molecule has 0 saturated heterocycles. The maximum atomic E-state index is 2.38. The highest BCUT2D eigenvalue weighted by Gasteiger charge is 2.16. The van der Waals surface area contributed by atoms with Gasteiger partial charge in [0.05, 0.1) is 22.4 Å². The van der Waals surface area contributed by atoms with E-state index in [2.05, 4.69) is 181 Å². The van der Waals surface area contributed by atoms with Gasteiger partial charge in [-0.15, -0.1) is 0 Å². The van der Waals surface area contributed by atoms with Crippen molar-refractivity contribution in [2.75, 3.05) is 0 Å². The molecule has 210 valence electrons. The Balaban J connectivity index is 1.22. The molecule has 2 nitrogen and oxygen atoms in total. The molecule has 2 heterocycles. The summed E-state index contributed by atoms with van der Waals surface area (Å²) in [7, 11) is 0. The fourth-order valence-corrected chi connectivity index (χ4v) is 6.71. The summed E-state index contributed by atoms with van der Waals surface area (Å²) in [5.74, 6) is 0. The minimum Gasteiger partial charge on any atom is -0.309 e. The predicted molar refractivity (Wildman–Crippen MR) is 186 cm³/mol. The lowest BCUT2D eigenvalue weighted by atomic mass is 10.0. The van der Waals surface area contributed by atoms with Gasteiger partial charge in [0.2, 0.25) is 0 Å². The molecular weight excluding hydrogens is 532 g/mol. The highest BCUT2D eigenvalue weighted by atomic mass is 15.0. The van der Waals surface area contributed by atoms with Crippen LogP contribution in [0.2, 0.25) is 0 Å². The van der Waals surface area contributed by atoms with Crippen LogP contribution >= 0.6 is 0 Å². The quantitative estimate of drug-likeness (QED) is 0.197. The van der Waals surface area contributed by atoms with Crippen LogP contribution in [-0.4, -0.2) is 9.13 Å². The van der Waals surface area contributed by atoms with Crippen LogP contribution in [0.5, 0.6) is 0 Å².